The molecule has 0 aliphatic heterocycles. The van der Waals surface area contributed by atoms with Crippen molar-refractivity contribution in [2.45, 2.75) is 59.9 Å². The molecule has 35 heavy (non-hydrogen) atoms. The van der Waals surface area contributed by atoms with Crippen LogP contribution in [0.25, 0.3) is 5.57 Å². The highest BCUT2D eigenvalue weighted by molar-refractivity contribution is 7.87. The highest BCUT2D eigenvalue weighted by Crippen LogP contribution is 2.35. The molecule has 0 aliphatic rings. The molecule has 3 aromatic rings. The number of aryl methyl sites for hydroxylation is 1. The molecule has 0 saturated carbocycles. The molecule has 0 atom stereocenters. The van der Waals surface area contributed by atoms with E-state index in [4.69, 9.17) is 15.8 Å². The van der Waals surface area contributed by atoms with E-state index in [2.05, 4.69) is 5.10 Å². The number of carbonyl (C=O) groups excluding carboxylic acids is 1. The maximum absolute atomic E-state index is 13.9. The van der Waals surface area contributed by atoms with Gasteiger partial charge in [0.05, 0.1) is 5.69 Å². The van der Waals surface area contributed by atoms with E-state index >= 15 is 0 Å². The summed E-state index contributed by atoms with van der Waals surface area (Å²) in [4.78, 5) is 13.9. The van der Waals surface area contributed by atoms with E-state index < -0.39 is 10.1 Å². The Bertz CT molecular complexity index is 1400. The van der Waals surface area contributed by atoms with Crippen molar-refractivity contribution < 1.29 is 17.4 Å². The number of allylic oxidation sites excluding steroid dienone is 2. The number of carbonyl (C=O) groups is 1. The predicted molar refractivity (Wildman–Crippen MR) is 140 cm³/mol. The molecule has 2 aromatic carbocycles. The van der Waals surface area contributed by atoms with Gasteiger partial charge in [-0.2, -0.15) is 13.5 Å². The first kappa shape index (κ1) is 26.7. The normalized spacial score (nSPS) is 11.6. The van der Waals surface area contributed by atoms with Crippen LogP contribution in [0, 0.1) is 19.8 Å². The lowest BCUT2D eigenvalue weighted by atomic mass is 9.91. The summed E-state index contributed by atoms with van der Waals surface area (Å²) >= 11 is 6.50. The molecule has 0 radical (unpaired) electrons. The number of ketones is 1. The molecule has 6 nitrogen and oxygen atoms in total. The van der Waals surface area contributed by atoms with Crippen molar-refractivity contribution in [1.82, 2.24) is 9.78 Å². The first-order chi connectivity index (χ1) is 16.3. The Balaban J connectivity index is 2.21. The van der Waals surface area contributed by atoms with E-state index in [1.54, 1.807) is 37.3 Å². The van der Waals surface area contributed by atoms with Gasteiger partial charge in [-0.05, 0) is 81.5 Å². The van der Waals surface area contributed by atoms with Crippen LogP contribution in [-0.4, -0.2) is 24.0 Å². The van der Waals surface area contributed by atoms with Crippen molar-refractivity contribution in [3.05, 3.63) is 81.0 Å². The smallest absolute Gasteiger partial charge is 0.340 e. The van der Waals surface area contributed by atoms with E-state index in [0.717, 1.165) is 16.7 Å². The summed E-state index contributed by atoms with van der Waals surface area (Å²) in [5, 5.41) is 5.03. The van der Waals surface area contributed by atoms with Crippen molar-refractivity contribution in [2.24, 2.45) is 5.92 Å². The fourth-order valence-electron chi connectivity index (χ4n) is 3.88. The van der Waals surface area contributed by atoms with Crippen LogP contribution in [-0.2, 0) is 16.7 Å². The number of rotatable bonds is 8. The van der Waals surface area contributed by atoms with Gasteiger partial charge in [-0.25, -0.2) is 4.68 Å². The van der Waals surface area contributed by atoms with Crippen LogP contribution >= 0.6 is 11.6 Å². The molecule has 0 fully saturated rings. The zero-order chi connectivity index (χ0) is 26.1. The monoisotopic (exact) mass is 514 g/mol. The molecule has 0 N–H and O–H groups in total. The Labute approximate surface area is 212 Å². The maximum atomic E-state index is 13.9. The molecule has 0 spiro atoms. The third-order valence-electron chi connectivity index (χ3n) is 5.85. The standard InChI is InChI=1S/C27H31ClN2O4S/c1-16(2)15-30-27(34-35(32,33)21-11-9-8-10-12-21)25(20(7)29-30)26(31)22-13-14-23(28)24(19(22)6)18(5)17(3)4/h8-14,16H,15H2,1-7H3. The summed E-state index contributed by atoms with van der Waals surface area (Å²) in [6, 6.07) is 11.2. The van der Waals surface area contributed by atoms with Gasteiger partial charge in [0.25, 0.3) is 0 Å². The van der Waals surface area contributed by atoms with Crippen molar-refractivity contribution in [1.29, 1.82) is 0 Å². The topological polar surface area (TPSA) is 78.3 Å². The summed E-state index contributed by atoms with van der Waals surface area (Å²) < 4.78 is 33.3. The van der Waals surface area contributed by atoms with Crippen LogP contribution in [0.5, 0.6) is 5.88 Å². The first-order valence-corrected chi connectivity index (χ1v) is 13.2. The molecule has 0 bridgehead atoms. The number of nitrogens with zero attached hydrogens (tertiary/aromatic N) is 2. The average Bonchev–Trinajstić information content (AvgIpc) is 3.07. The van der Waals surface area contributed by atoms with Crippen LogP contribution in [0.2, 0.25) is 5.02 Å². The van der Waals surface area contributed by atoms with E-state index in [-0.39, 0.29) is 28.0 Å². The van der Waals surface area contributed by atoms with Crippen molar-refractivity contribution in [2.75, 3.05) is 0 Å². The van der Waals surface area contributed by atoms with Gasteiger partial charge < -0.3 is 4.18 Å². The van der Waals surface area contributed by atoms with Crippen molar-refractivity contribution >= 4 is 33.1 Å². The lowest BCUT2D eigenvalue weighted by Gasteiger charge is -2.16. The van der Waals surface area contributed by atoms with Gasteiger partial charge in [0.15, 0.2) is 0 Å². The van der Waals surface area contributed by atoms with Gasteiger partial charge in [-0.3, -0.25) is 4.79 Å². The minimum absolute atomic E-state index is 0.00232. The second-order valence-corrected chi connectivity index (χ2v) is 11.2. The largest absolute Gasteiger partial charge is 0.358 e. The minimum atomic E-state index is -4.19. The fourth-order valence-corrected chi connectivity index (χ4v) is 5.20. The molecule has 1 heterocycles. The third-order valence-corrected chi connectivity index (χ3v) is 7.39. The molecule has 1 aromatic heterocycles. The highest BCUT2D eigenvalue weighted by atomic mass is 35.5. The number of hydrogen-bond acceptors (Lipinski definition) is 5. The minimum Gasteiger partial charge on any atom is -0.358 e. The summed E-state index contributed by atoms with van der Waals surface area (Å²) in [7, 11) is -4.19. The molecule has 8 heteroatoms. The summed E-state index contributed by atoms with van der Waals surface area (Å²) in [5.74, 6) is -0.309. The van der Waals surface area contributed by atoms with Crippen LogP contribution in [0.15, 0.2) is 52.9 Å². The van der Waals surface area contributed by atoms with Crippen LogP contribution in [0.1, 0.15) is 67.4 Å². The first-order valence-electron chi connectivity index (χ1n) is 11.4. The SMILES string of the molecule is CC(C)=C(C)c1c(Cl)ccc(C(=O)c2c(C)nn(CC(C)C)c2OS(=O)(=O)c2ccccc2)c1C. The van der Waals surface area contributed by atoms with Crippen molar-refractivity contribution in [3.8, 4) is 5.88 Å². The van der Waals surface area contributed by atoms with Crippen LogP contribution < -0.4 is 4.18 Å². The van der Waals surface area contributed by atoms with E-state index in [1.807, 2.05) is 41.5 Å². The molecule has 0 saturated heterocycles. The van der Waals surface area contributed by atoms with Crippen LogP contribution in [0.3, 0.4) is 0 Å². The molecule has 0 unspecified atom stereocenters. The second kappa shape index (κ2) is 10.4. The van der Waals surface area contributed by atoms with Crippen molar-refractivity contribution in [3.63, 3.8) is 0 Å². The van der Waals surface area contributed by atoms with Gasteiger partial charge in [0.1, 0.15) is 10.5 Å². The van der Waals surface area contributed by atoms with Gasteiger partial charge >= 0.3 is 10.1 Å². The van der Waals surface area contributed by atoms with Gasteiger partial charge in [0, 0.05) is 17.1 Å². The number of hydrogen-bond donors (Lipinski definition) is 0. The summed E-state index contributed by atoms with van der Waals surface area (Å²) in [6.45, 7) is 13.8. The number of halogens is 1. The second-order valence-electron chi connectivity index (χ2n) is 9.24. The Kier molecular flexibility index (Phi) is 7.92. The Morgan fingerprint density at radius 1 is 1.03 bits per heavy atom. The molecule has 3 rings (SSSR count). The molecule has 186 valence electrons. The fraction of sp³-hybridized carbons (Fsp3) is 0.333. The average molecular weight is 515 g/mol. The molecule has 0 amide bonds. The number of benzene rings is 2. The van der Waals surface area contributed by atoms with E-state index in [0.29, 0.717) is 28.4 Å². The summed E-state index contributed by atoms with van der Waals surface area (Å²) in [5.41, 5.74) is 4.51. The predicted octanol–water partition coefficient (Wildman–Crippen LogP) is 6.62. The molecular weight excluding hydrogens is 484 g/mol. The van der Waals surface area contributed by atoms with Crippen LogP contribution in [0.4, 0.5) is 0 Å². The lowest BCUT2D eigenvalue weighted by molar-refractivity contribution is 0.103. The molecule has 0 aliphatic carbocycles. The van der Waals surface area contributed by atoms with Gasteiger partial charge in [-0.15, -0.1) is 0 Å². The maximum Gasteiger partial charge on any atom is 0.340 e. The van der Waals surface area contributed by atoms with E-state index in [1.165, 1.54) is 16.8 Å². The van der Waals surface area contributed by atoms with Gasteiger partial charge in [0.2, 0.25) is 11.7 Å². The lowest BCUT2D eigenvalue weighted by Crippen LogP contribution is -2.17. The summed E-state index contributed by atoms with van der Waals surface area (Å²) in [6.07, 6.45) is 0. The Hall–Kier alpha value is -2.90. The molecular formula is C27H31ClN2O4S. The number of aromatic nitrogens is 2. The third kappa shape index (κ3) is 5.52. The Morgan fingerprint density at radius 2 is 1.66 bits per heavy atom. The Morgan fingerprint density at radius 3 is 2.23 bits per heavy atom. The van der Waals surface area contributed by atoms with E-state index in [9.17, 15) is 13.2 Å². The van der Waals surface area contributed by atoms with Gasteiger partial charge in [-0.1, -0.05) is 49.2 Å². The zero-order valence-electron chi connectivity index (χ0n) is 21.1. The quantitative estimate of drug-likeness (QED) is 0.249. The highest BCUT2D eigenvalue weighted by Gasteiger charge is 2.30. The zero-order valence-corrected chi connectivity index (χ0v) is 22.7.